The third-order valence-corrected chi connectivity index (χ3v) is 5.11. The number of aromatic nitrogens is 2. The standard InChI is InChI=1S/C19H25N3O4/c1-10-6-15(26-21-10)7-14-8-22(9-16(14)25-5)19(24)17-11(2)18(13(4)23)20-12(17)3/h6,14,16,20H,7-9H2,1-5H3/t14-,16+/m1/s1. The van der Waals surface area contributed by atoms with Gasteiger partial charge in [0, 0.05) is 51.2 Å². The number of nitrogens with zero attached hydrogens (tertiary/aromatic N) is 2. The Morgan fingerprint density at radius 1 is 1.35 bits per heavy atom. The van der Waals surface area contributed by atoms with Gasteiger partial charge in [-0.15, -0.1) is 0 Å². The first-order valence-corrected chi connectivity index (χ1v) is 8.76. The molecular weight excluding hydrogens is 334 g/mol. The van der Waals surface area contributed by atoms with Crippen molar-refractivity contribution in [2.75, 3.05) is 20.2 Å². The number of aromatic amines is 1. The Bertz CT molecular complexity index is 836. The number of hydrogen-bond acceptors (Lipinski definition) is 5. The molecule has 7 heteroatoms. The predicted molar refractivity (Wildman–Crippen MR) is 95.4 cm³/mol. The summed E-state index contributed by atoms with van der Waals surface area (Å²) in [6, 6.07) is 1.91. The first-order valence-electron chi connectivity index (χ1n) is 8.76. The van der Waals surface area contributed by atoms with Crippen molar-refractivity contribution in [3.63, 3.8) is 0 Å². The molecule has 0 saturated carbocycles. The number of Topliss-reactive ketones (excluding diaryl/α,β-unsaturated/α-hetero) is 1. The fourth-order valence-corrected chi connectivity index (χ4v) is 3.82. The molecule has 0 aromatic carbocycles. The molecule has 2 atom stereocenters. The molecule has 3 heterocycles. The van der Waals surface area contributed by atoms with Gasteiger partial charge in [0.1, 0.15) is 5.76 Å². The van der Waals surface area contributed by atoms with Crippen LogP contribution in [0.2, 0.25) is 0 Å². The molecule has 2 aromatic rings. The monoisotopic (exact) mass is 359 g/mol. The molecule has 2 aromatic heterocycles. The van der Waals surface area contributed by atoms with Crippen molar-refractivity contribution in [2.24, 2.45) is 5.92 Å². The molecule has 0 radical (unpaired) electrons. The Balaban J connectivity index is 1.80. The number of ether oxygens (including phenoxy) is 1. The summed E-state index contributed by atoms with van der Waals surface area (Å²) in [7, 11) is 1.66. The molecule has 1 aliphatic heterocycles. The van der Waals surface area contributed by atoms with E-state index in [4.69, 9.17) is 9.26 Å². The summed E-state index contributed by atoms with van der Waals surface area (Å²) in [6.07, 6.45) is 0.614. The number of hydrogen-bond donors (Lipinski definition) is 1. The fraction of sp³-hybridized carbons (Fsp3) is 0.526. The van der Waals surface area contributed by atoms with Crippen LogP contribution in [0.5, 0.6) is 0 Å². The SMILES string of the molecule is CO[C@H]1CN(C(=O)c2c(C)[nH]c(C(C)=O)c2C)C[C@H]1Cc1cc(C)no1. The van der Waals surface area contributed by atoms with Gasteiger partial charge in [-0.1, -0.05) is 5.16 Å². The maximum atomic E-state index is 13.1. The van der Waals surface area contributed by atoms with Crippen LogP contribution in [0.25, 0.3) is 0 Å². The smallest absolute Gasteiger partial charge is 0.256 e. The number of nitrogens with one attached hydrogen (secondary N) is 1. The van der Waals surface area contributed by atoms with Crippen molar-refractivity contribution in [1.29, 1.82) is 0 Å². The van der Waals surface area contributed by atoms with Crippen molar-refractivity contribution < 1.29 is 18.8 Å². The first kappa shape index (κ1) is 18.4. The van der Waals surface area contributed by atoms with Gasteiger partial charge in [-0.05, 0) is 26.3 Å². The second-order valence-corrected chi connectivity index (χ2v) is 7.06. The van der Waals surface area contributed by atoms with E-state index in [0.717, 1.165) is 17.1 Å². The van der Waals surface area contributed by atoms with Crippen LogP contribution < -0.4 is 0 Å². The molecule has 7 nitrogen and oxygen atoms in total. The van der Waals surface area contributed by atoms with Gasteiger partial charge < -0.3 is 19.1 Å². The van der Waals surface area contributed by atoms with E-state index in [-0.39, 0.29) is 23.7 Å². The van der Waals surface area contributed by atoms with Gasteiger partial charge in [0.2, 0.25) is 0 Å². The third-order valence-electron chi connectivity index (χ3n) is 5.11. The van der Waals surface area contributed by atoms with Gasteiger partial charge in [0.05, 0.1) is 23.1 Å². The number of carbonyl (C=O) groups is 2. The Morgan fingerprint density at radius 2 is 2.08 bits per heavy atom. The van der Waals surface area contributed by atoms with E-state index in [0.29, 0.717) is 36.3 Å². The maximum absolute atomic E-state index is 13.1. The minimum absolute atomic E-state index is 0.0591. The molecule has 1 fully saturated rings. The van der Waals surface area contributed by atoms with Crippen molar-refractivity contribution >= 4 is 11.7 Å². The van der Waals surface area contributed by atoms with Crippen molar-refractivity contribution in [2.45, 2.75) is 40.2 Å². The molecule has 1 N–H and O–H groups in total. The van der Waals surface area contributed by atoms with E-state index in [1.54, 1.807) is 12.0 Å². The van der Waals surface area contributed by atoms with E-state index in [1.807, 2.05) is 26.8 Å². The minimum atomic E-state index is -0.0700. The lowest BCUT2D eigenvalue weighted by Crippen LogP contribution is -2.30. The fourth-order valence-electron chi connectivity index (χ4n) is 3.82. The summed E-state index contributed by atoms with van der Waals surface area (Å²) in [5, 5.41) is 3.92. The van der Waals surface area contributed by atoms with Gasteiger partial charge >= 0.3 is 0 Å². The number of amides is 1. The summed E-state index contributed by atoms with van der Waals surface area (Å²) in [6.45, 7) is 8.12. The van der Waals surface area contributed by atoms with Gasteiger partial charge in [0.15, 0.2) is 5.78 Å². The number of rotatable bonds is 5. The van der Waals surface area contributed by atoms with Crippen LogP contribution in [0.1, 0.15) is 50.5 Å². The summed E-state index contributed by atoms with van der Waals surface area (Å²) < 4.78 is 10.9. The maximum Gasteiger partial charge on any atom is 0.256 e. The highest BCUT2D eigenvalue weighted by atomic mass is 16.5. The van der Waals surface area contributed by atoms with Crippen LogP contribution >= 0.6 is 0 Å². The number of carbonyl (C=O) groups excluding carboxylic acids is 2. The second kappa shape index (κ2) is 7.07. The highest BCUT2D eigenvalue weighted by Gasteiger charge is 2.37. The topological polar surface area (TPSA) is 88.4 Å². The Labute approximate surface area is 152 Å². The number of aryl methyl sites for hydroxylation is 2. The quantitative estimate of drug-likeness (QED) is 0.829. The normalized spacial score (nSPS) is 20.0. The summed E-state index contributed by atoms with van der Waals surface area (Å²) in [5.74, 6) is 0.807. The summed E-state index contributed by atoms with van der Waals surface area (Å²) in [4.78, 5) is 29.7. The zero-order chi connectivity index (χ0) is 19.0. The van der Waals surface area contributed by atoms with Crippen LogP contribution in [0.3, 0.4) is 0 Å². The second-order valence-electron chi connectivity index (χ2n) is 7.06. The number of likely N-dealkylation sites (tertiary alicyclic amines) is 1. The number of methoxy groups -OCH3 is 1. The highest BCUT2D eigenvalue weighted by Crippen LogP contribution is 2.28. The Kier molecular flexibility index (Phi) is 5.00. The van der Waals surface area contributed by atoms with Gasteiger partial charge in [-0.2, -0.15) is 0 Å². The molecule has 0 aliphatic carbocycles. The lowest BCUT2D eigenvalue weighted by Gasteiger charge is -2.16. The summed E-state index contributed by atoms with van der Waals surface area (Å²) in [5.41, 5.74) is 3.36. The number of H-pyrrole nitrogens is 1. The average Bonchev–Trinajstić information content (AvgIpc) is 3.25. The average molecular weight is 359 g/mol. The largest absolute Gasteiger partial charge is 0.379 e. The van der Waals surface area contributed by atoms with E-state index in [9.17, 15) is 9.59 Å². The molecule has 1 saturated heterocycles. The molecule has 140 valence electrons. The van der Waals surface area contributed by atoms with E-state index >= 15 is 0 Å². The Morgan fingerprint density at radius 3 is 2.62 bits per heavy atom. The minimum Gasteiger partial charge on any atom is -0.379 e. The van der Waals surface area contributed by atoms with Gasteiger partial charge in [-0.3, -0.25) is 9.59 Å². The molecule has 1 amide bonds. The highest BCUT2D eigenvalue weighted by molar-refractivity contribution is 6.02. The summed E-state index contributed by atoms with van der Waals surface area (Å²) >= 11 is 0. The third kappa shape index (κ3) is 3.31. The van der Waals surface area contributed by atoms with Crippen molar-refractivity contribution in [1.82, 2.24) is 15.0 Å². The van der Waals surface area contributed by atoms with E-state index in [1.165, 1.54) is 6.92 Å². The lowest BCUT2D eigenvalue weighted by atomic mass is 10.0. The first-order chi connectivity index (χ1) is 12.3. The molecule has 26 heavy (non-hydrogen) atoms. The van der Waals surface area contributed by atoms with Crippen molar-refractivity contribution in [3.05, 3.63) is 40.0 Å². The van der Waals surface area contributed by atoms with Gasteiger partial charge in [-0.25, -0.2) is 0 Å². The van der Waals surface area contributed by atoms with Crippen molar-refractivity contribution in [3.8, 4) is 0 Å². The predicted octanol–water partition coefficient (Wildman–Crippen LogP) is 2.46. The lowest BCUT2D eigenvalue weighted by molar-refractivity contribution is 0.0671. The Hall–Kier alpha value is -2.41. The molecule has 0 bridgehead atoms. The van der Waals surface area contributed by atoms with Crippen LogP contribution in [-0.2, 0) is 11.2 Å². The van der Waals surface area contributed by atoms with E-state index < -0.39 is 0 Å². The van der Waals surface area contributed by atoms with Crippen LogP contribution in [0.4, 0.5) is 0 Å². The number of ketones is 1. The molecule has 0 unspecified atom stereocenters. The van der Waals surface area contributed by atoms with Gasteiger partial charge in [0.25, 0.3) is 5.91 Å². The zero-order valence-corrected chi connectivity index (χ0v) is 15.9. The van der Waals surface area contributed by atoms with Crippen LogP contribution in [0.15, 0.2) is 10.6 Å². The molecule has 3 rings (SSSR count). The van der Waals surface area contributed by atoms with E-state index in [2.05, 4.69) is 10.1 Å². The van der Waals surface area contributed by atoms with Crippen LogP contribution in [-0.4, -0.2) is 53.0 Å². The molecule has 0 spiro atoms. The van der Waals surface area contributed by atoms with Crippen LogP contribution in [0, 0.1) is 26.7 Å². The zero-order valence-electron chi connectivity index (χ0n) is 15.9. The molecule has 1 aliphatic rings. The molecular formula is C19H25N3O4.